The van der Waals surface area contributed by atoms with Gasteiger partial charge in [0.05, 0.1) is 15.6 Å². The van der Waals surface area contributed by atoms with Gasteiger partial charge >= 0.3 is 0 Å². The third kappa shape index (κ3) is 4.79. The highest BCUT2D eigenvalue weighted by molar-refractivity contribution is 7.23. The molecule has 0 radical (unpaired) electrons. The van der Waals surface area contributed by atoms with E-state index in [0.717, 1.165) is 10.4 Å². The first-order chi connectivity index (χ1) is 12.0. The number of hydrazine groups is 1. The zero-order valence-corrected chi connectivity index (χ0v) is 15.7. The molecule has 2 amide bonds. The van der Waals surface area contributed by atoms with Crippen molar-refractivity contribution in [3.05, 3.63) is 62.4 Å². The number of halogens is 2. The summed E-state index contributed by atoms with van der Waals surface area (Å²) in [6.45, 7) is 0. The number of carbonyl (C=O) groups is 2. The van der Waals surface area contributed by atoms with Gasteiger partial charge in [-0.05, 0) is 29.8 Å². The van der Waals surface area contributed by atoms with Crippen LogP contribution >= 0.6 is 45.9 Å². The Morgan fingerprint density at radius 3 is 2.48 bits per heavy atom. The molecule has 2 heterocycles. The first-order valence-corrected chi connectivity index (χ1v) is 9.51. The molecule has 2 aromatic heterocycles. The Hall–Kier alpha value is -1.93. The van der Waals surface area contributed by atoms with Crippen molar-refractivity contribution >= 4 is 57.7 Å². The van der Waals surface area contributed by atoms with Gasteiger partial charge in [0.15, 0.2) is 0 Å². The Morgan fingerprint density at radius 1 is 1.04 bits per heavy atom. The number of hydrogen-bond acceptors (Lipinski definition) is 5. The summed E-state index contributed by atoms with van der Waals surface area (Å²) in [5.41, 5.74) is 5.76. The van der Waals surface area contributed by atoms with Gasteiger partial charge in [0, 0.05) is 10.4 Å². The van der Waals surface area contributed by atoms with Gasteiger partial charge in [-0.25, -0.2) is 4.98 Å². The van der Waals surface area contributed by atoms with E-state index in [1.54, 1.807) is 35.7 Å². The fraction of sp³-hybridized carbons (Fsp3) is 0.0625. The van der Waals surface area contributed by atoms with Gasteiger partial charge in [-0.2, -0.15) is 0 Å². The monoisotopic (exact) mass is 411 g/mol. The predicted octanol–water partition coefficient (Wildman–Crippen LogP) is 4.18. The summed E-state index contributed by atoms with van der Waals surface area (Å²) in [4.78, 5) is 29.1. The highest BCUT2D eigenvalue weighted by Gasteiger charge is 2.14. The summed E-state index contributed by atoms with van der Waals surface area (Å²) in [7, 11) is 0. The molecule has 0 unspecified atom stereocenters. The zero-order chi connectivity index (χ0) is 17.8. The van der Waals surface area contributed by atoms with Crippen LogP contribution in [-0.4, -0.2) is 16.8 Å². The number of amides is 2. The Bertz CT molecular complexity index is 906. The molecule has 2 N–H and O–H groups in total. The van der Waals surface area contributed by atoms with E-state index >= 15 is 0 Å². The number of nitrogens with zero attached hydrogens (tertiary/aromatic N) is 1. The van der Waals surface area contributed by atoms with Crippen molar-refractivity contribution in [2.45, 2.75) is 6.42 Å². The molecule has 128 valence electrons. The lowest BCUT2D eigenvalue weighted by atomic mass is 10.1. The van der Waals surface area contributed by atoms with Crippen molar-refractivity contribution in [3.63, 3.8) is 0 Å². The van der Waals surface area contributed by atoms with E-state index < -0.39 is 5.91 Å². The van der Waals surface area contributed by atoms with Gasteiger partial charge in [-0.3, -0.25) is 20.4 Å². The molecule has 0 aliphatic rings. The molecule has 0 atom stereocenters. The van der Waals surface area contributed by atoms with Crippen molar-refractivity contribution in [3.8, 4) is 9.88 Å². The maximum absolute atomic E-state index is 12.1. The van der Waals surface area contributed by atoms with Crippen molar-refractivity contribution in [2.24, 2.45) is 0 Å². The lowest BCUT2D eigenvalue weighted by Crippen LogP contribution is -2.42. The lowest BCUT2D eigenvalue weighted by molar-refractivity contribution is -0.121. The second-order valence-corrected chi connectivity index (χ2v) is 7.96. The molecule has 0 bridgehead atoms. The molecule has 25 heavy (non-hydrogen) atoms. The highest BCUT2D eigenvalue weighted by atomic mass is 35.5. The summed E-state index contributed by atoms with van der Waals surface area (Å²) in [5.74, 6) is -0.814. The summed E-state index contributed by atoms with van der Waals surface area (Å²) in [5, 5.41) is 2.93. The van der Waals surface area contributed by atoms with Crippen LogP contribution in [0.25, 0.3) is 9.88 Å². The van der Waals surface area contributed by atoms with E-state index in [9.17, 15) is 9.59 Å². The maximum atomic E-state index is 12.1. The minimum atomic E-state index is -0.477. The van der Waals surface area contributed by atoms with Crippen LogP contribution in [0.2, 0.25) is 9.36 Å². The number of aromatic nitrogens is 1. The third-order valence-electron chi connectivity index (χ3n) is 3.11. The second kappa shape index (κ2) is 7.97. The number of thiazole rings is 1. The predicted molar refractivity (Wildman–Crippen MR) is 101 cm³/mol. The SMILES string of the molecule is O=C(Cc1ccc(Cl)cc1)NNC(=O)c1csc(-c2ccc(Cl)s2)n1. The quantitative estimate of drug-likeness (QED) is 0.632. The van der Waals surface area contributed by atoms with Crippen molar-refractivity contribution in [1.29, 1.82) is 0 Å². The van der Waals surface area contributed by atoms with Crippen molar-refractivity contribution < 1.29 is 9.59 Å². The van der Waals surface area contributed by atoms with Crippen LogP contribution in [0.15, 0.2) is 41.8 Å². The van der Waals surface area contributed by atoms with Crippen LogP contribution in [0, 0.1) is 0 Å². The van der Waals surface area contributed by atoms with Crippen LogP contribution in [0.4, 0.5) is 0 Å². The summed E-state index contributed by atoms with van der Waals surface area (Å²) < 4.78 is 0.658. The first kappa shape index (κ1) is 17.9. The number of carbonyl (C=O) groups excluding carboxylic acids is 2. The molecule has 5 nitrogen and oxygen atoms in total. The molecule has 9 heteroatoms. The molecular weight excluding hydrogens is 401 g/mol. The largest absolute Gasteiger partial charge is 0.289 e. The second-order valence-electron chi connectivity index (χ2n) is 4.95. The molecule has 3 aromatic rings. The van der Waals surface area contributed by atoms with Crippen LogP contribution in [-0.2, 0) is 11.2 Å². The standard InChI is InChI=1S/C16H11Cl2N3O2S2/c17-10-3-1-9(2-4-10)7-14(22)20-21-15(23)11-8-24-16(19-11)12-5-6-13(18)25-12/h1-6,8H,7H2,(H,20,22)(H,21,23). The molecular formula is C16H11Cl2N3O2S2. The van der Waals surface area contributed by atoms with Gasteiger partial charge in [0.25, 0.3) is 5.91 Å². The van der Waals surface area contributed by atoms with E-state index in [4.69, 9.17) is 23.2 Å². The molecule has 0 saturated carbocycles. The Morgan fingerprint density at radius 2 is 1.80 bits per heavy atom. The number of benzene rings is 1. The minimum absolute atomic E-state index is 0.132. The minimum Gasteiger partial charge on any atom is -0.273 e. The molecule has 0 aliphatic carbocycles. The Labute approximate surface area is 161 Å². The molecule has 0 spiro atoms. The third-order valence-corrected chi connectivity index (χ3v) is 5.61. The van der Waals surface area contributed by atoms with Crippen LogP contribution in [0.5, 0.6) is 0 Å². The normalized spacial score (nSPS) is 10.5. The average Bonchev–Trinajstić information content (AvgIpc) is 3.23. The van der Waals surface area contributed by atoms with Gasteiger partial charge in [0.2, 0.25) is 5.91 Å². The van der Waals surface area contributed by atoms with Crippen LogP contribution in [0.1, 0.15) is 16.1 Å². The molecule has 0 aliphatic heterocycles. The number of hydrogen-bond donors (Lipinski definition) is 2. The van der Waals surface area contributed by atoms with E-state index in [-0.39, 0.29) is 18.0 Å². The van der Waals surface area contributed by atoms with E-state index in [0.29, 0.717) is 14.4 Å². The Kier molecular flexibility index (Phi) is 5.70. The van der Waals surface area contributed by atoms with Gasteiger partial charge in [-0.1, -0.05) is 35.3 Å². The van der Waals surface area contributed by atoms with Crippen LogP contribution < -0.4 is 10.9 Å². The fourth-order valence-electron chi connectivity index (χ4n) is 1.94. The fourth-order valence-corrected chi connectivity index (χ4v) is 3.98. The van der Waals surface area contributed by atoms with Crippen LogP contribution in [0.3, 0.4) is 0 Å². The van der Waals surface area contributed by atoms with E-state index in [1.165, 1.54) is 22.7 Å². The van der Waals surface area contributed by atoms with Gasteiger partial charge in [-0.15, -0.1) is 22.7 Å². The van der Waals surface area contributed by atoms with E-state index in [2.05, 4.69) is 15.8 Å². The smallest absolute Gasteiger partial charge is 0.273 e. The van der Waals surface area contributed by atoms with Gasteiger partial charge < -0.3 is 0 Å². The van der Waals surface area contributed by atoms with Gasteiger partial charge in [0.1, 0.15) is 10.7 Å². The van der Waals surface area contributed by atoms with Crippen molar-refractivity contribution in [1.82, 2.24) is 15.8 Å². The summed E-state index contributed by atoms with van der Waals surface area (Å²) in [6, 6.07) is 10.5. The molecule has 0 fully saturated rings. The molecule has 0 saturated heterocycles. The summed E-state index contributed by atoms with van der Waals surface area (Å²) in [6.07, 6.45) is 0.132. The number of thiophene rings is 1. The van der Waals surface area contributed by atoms with Crippen molar-refractivity contribution in [2.75, 3.05) is 0 Å². The maximum Gasteiger partial charge on any atom is 0.289 e. The zero-order valence-electron chi connectivity index (χ0n) is 12.6. The van der Waals surface area contributed by atoms with E-state index in [1.807, 2.05) is 6.07 Å². The lowest BCUT2D eigenvalue weighted by Gasteiger charge is -2.06. The number of rotatable bonds is 4. The highest BCUT2D eigenvalue weighted by Crippen LogP contribution is 2.32. The first-order valence-electron chi connectivity index (χ1n) is 7.06. The topological polar surface area (TPSA) is 71.1 Å². The number of nitrogens with one attached hydrogen (secondary N) is 2. The Balaban J connectivity index is 1.54. The molecule has 3 rings (SSSR count). The summed E-state index contributed by atoms with van der Waals surface area (Å²) >= 11 is 14.4. The molecule has 1 aromatic carbocycles. The average molecular weight is 412 g/mol.